The highest BCUT2D eigenvalue weighted by Crippen LogP contribution is 2.28. The van der Waals surface area contributed by atoms with Crippen molar-refractivity contribution in [3.63, 3.8) is 0 Å². The molecule has 0 atom stereocenters. The van der Waals surface area contributed by atoms with E-state index >= 15 is 0 Å². The van der Waals surface area contributed by atoms with Gasteiger partial charge in [-0.05, 0) is 19.1 Å². The topological polar surface area (TPSA) is 56.3 Å². The number of benzene rings is 2. The molecule has 0 saturated carbocycles. The van der Waals surface area contributed by atoms with Crippen LogP contribution in [-0.2, 0) is 0 Å². The van der Waals surface area contributed by atoms with Crippen LogP contribution in [0.5, 0.6) is 11.5 Å². The van der Waals surface area contributed by atoms with Crippen molar-refractivity contribution in [3.8, 4) is 11.5 Å². The number of methoxy groups -OCH3 is 2. The van der Waals surface area contributed by atoms with Crippen molar-refractivity contribution >= 4 is 22.5 Å². The molecule has 3 rings (SSSR count). The maximum Gasteiger partial charge on any atom is 0.152 e. The van der Waals surface area contributed by atoms with Crippen LogP contribution in [0.15, 0.2) is 42.5 Å². The van der Waals surface area contributed by atoms with Crippen LogP contribution in [0.25, 0.3) is 11.0 Å². The molecule has 1 aromatic heterocycles. The smallest absolute Gasteiger partial charge is 0.152 e. The normalized spacial score (nSPS) is 10.5. The van der Waals surface area contributed by atoms with E-state index in [-0.39, 0.29) is 0 Å². The molecule has 1 heterocycles. The summed E-state index contributed by atoms with van der Waals surface area (Å²) in [6, 6.07) is 13.2. The van der Waals surface area contributed by atoms with Gasteiger partial charge in [-0.25, -0.2) is 9.97 Å². The van der Waals surface area contributed by atoms with Gasteiger partial charge < -0.3 is 14.8 Å². The van der Waals surface area contributed by atoms with Crippen LogP contribution >= 0.6 is 0 Å². The van der Waals surface area contributed by atoms with E-state index < -0.39 is 0 Å². The van der Waals surface area contributed by atoms with Gasteiger partial charge >= 0.3 is 0 Å². The van der Waals surface area contributed by atoms with E-state index in [9.17, 15) is 0 Å². The molecule has 0 amide bonds. The van der Waals surface area contributed by atoms with Gasteiger partial charge in [0, 0.05) is 23.9 Å². The highest BCUT2D eigenvalue weighted by molar-refractivity contribution is 5.77. The van der Waals surface area contributed by atoms with Gasteiger partial charge in [-0.2, -0.15) is 0 Å². The summed E-state index contributed by atoms with van der Waals surface area (Å²) in [4.78, 5) is 9.02. The Labute approximate surface area is 128 Å². The van der Waals surface area contributed by atoms with Gasteiger partial charge in [-0.3, -0.25) is 0 Å². The van der Waals surface area contributed by atoms with Gasteiger partial charge in [0.1, 0.15) is 11.5 Å². The van der Waals surface area contributed by atoms with E-state index in [2.05, 4.69) is 22.2 Å². The minimum Gasteiger partial charge on any atom is -0.497 e. The van der Waals surface area contributed by atoms with Gasteiger partial charge in [0.15, 0.2) is 5.82 Å². The number of fused-ring (bicyclic) bond motifs is 1. The molecular formula is C17H16N3O2. The summed E-state index contributed by atoms with van der Waals surface area (Å²) in [5.41, 5.74) is 3.01. The highest BCUT2D eigenvalue weighted by Gasteiger charge is 2.07. The Bertz CT molecular complexity index is 796. The fraction of sp³-hybridized carbons (Fsp3) is 0.118. The van der Waals surface area contributed by atoms with Crippen LogP contribution in [-0.4, -0.2) is 24.2 Å². The summed E-state index contributed by atoms with van der Waals surface area (Å²) in [5, 5.41) is 3.22. The number of rotatable bonds is 4. The van der Waals surface area contributed by atoms with Crippen molar-refractivity contribution in [2.45, 2.75) is 0 Å². The molecule has 0 unspecified atom stereocenters. The predicted molar refractivity (Wildman–Crippen MR) is 86.8 cm³/mol. The number of aromatic nitrogens is 2. The quantitative estimate of drug-likeness (QED) is 0.797. The van der Waals surface area contributed by atoms with Gasteiger partial charge in [0.2, 0.25) is 0 Å². The standard InChI is InChI=1S/C17H16N3O2/c1-11-17(20-16-7-5-4-6-15(16)18-11)19-12-8-13(21-2)10-14(9-12)22-3/h4-10H,1H2,2-3H3,(H,19,20). The first-order chi connectivity index (χ1) is 10.7. The summed E-state index contributed by atoms with van der Waals surface area (Å²) >= 11 is 0. The average molecular weight is 294 g/mol. The number of ether oxygens (including phenoxy) is 2. The number of hydrogen-bond donors (Lipinski definition) is 1. The predicted octanol–water partition coefficient (Wildman–Crippen LogP) is 3.57. The fourth-order valence-corrected chi connectivity index (χ4v) is 2.15. The number of nitrogens with one attached hydrogen (secondary N) is 1. The van der Waals surface area contributed by atoms with Crippen molar-refractivity contribution in [2.75, 3.05) is 19.5 Å². The largest absolute Gasteiger partial charge is 0.497 e. The van der Waals surface area contributed by atoms with E-state index in [4.69, 9.17) is 9.47 Å². The Morgan fingerprint density at radius 1 is 0.909 bits per heavy atom. The minimum atomic E-state index is 0.584. The van der Waals surface area contributed by atoms with Gasteiger partial charge in [-0.1, -0.05) is 12.1 Å². The molecule has 0 aliphatic rings. The lowest BCUT2D eigenvalue weighted by Crippen LogP contribution is -2.00. The second-order valence-corrected chi connectivity index (χ2v) is 4.73. The Hall–Kier alpha value is -2.82. The maximum absolute atomic E-state index is 5.26. The Morgan fingerprint density at radius 2 is 1.50 bits per heavy atom. The molecule has 0 aliphatic carbocycles. The Balaban J connectivity index is 2.00. The van der Waals surface area contributed by atoms with Crippen molar-refractivity contribution in [1.82, 2.24) is 9.97 Å². The van der Waals surface area contributed by atoms with Crippen LogP contribution in [0.1, 0.15) is 5.69 Å². The fourth-order valence-electron chi connectivity index (χ4n) is 2.15. The zero-order chi connectivity index (χ0) is 15.5. The van der Waals surface area contributed by atoms with Crippen molar-refractivity contribution in [3.05, 3.63) is 55.1 Å². The summed E-state index contributed by atoms with van der Waals surface area (Å²) < 4.78 is 10.5. The highest BCUT2D eigenvalue weighted by atomic mass is 16.5. The lowest BCUT2D eigenvalue weighted by Gasteiger charge is -2.12. The molecule has 0 spiro atoms. The molecule has 1 radical (unpaired) electrons. The molecule has 0 saturated heterocycles. The first-order valence-corrected chi connectivity index (χ1v) is 6.78. The molecule has 3 aromatic rings. The summed E-state index contributed by atoms with van der Waals surface area (Å²) in [6.07, 6.45) is 0. The number of para-hydroxylation sites is 2. The van der Waals surface area contributed by atoms with E-state index in [0.29, 0.717) is 23.0 Å². The molecule has 2 aromatic carbocycles. The number of hydrogen-bond acceptors (Lipinski definition) is 5. The van der Waals surface area contributed by atoms with Crippen LogP contribution in [0.4, 0.5) is 11.5 Å². The third kappa shape index (κ3) is 2.79. The third-order valence-corrected chi connectivity index (χ3v) is 3.26. The number of nitrogens with zero attached hydrogens (tertiary/aromatic N) is 2. The monoisotopic (exact) mass is 294 g/mol. The average Bonchev–Trinajstić information content (AvgIpc) is 2.55. The Kier molecular flexibility index (Phi) is 3.78. The summed E-state index contributed by atoms with van der Waals surface area (Å²) in [5.74, 6) is 2.00. The Morgan fingerprint density at radius 3 is 2.09 bits per heavy atom. The van der Waals surface area contributed by atoms with E-state index in [1.807, 2.05) is 42.5 Å². The van der Waals surface area contributed by atoms with Crippen LogP contribution in [0.3, 0.4) is 0 Å². The molecule has 5 nitrogen and oxygen atoms in total. The molecule has 111 valence electrons. The molecule has 5 heteroatoms. The third-order valence-electron chi connectivity index (χ3n) is 3.26. The molecule has 0 fully saturated rings. The van der Waals surface area contributed by atoms with Crippen LogP contribution in [0.2, 0.25) is 0 Å². The molecule has 0 bridgehead atoms. The van der Waals surface area contributed by atoms with Gasteiger partial charge in [-0.15, -0.1) is 0 Å². The van der Waals surface area contributed by atoms with Crippen molar-refractivity contribution < 1.29 is 9.47 Å². The first-order valence-electron chi connectivity index (χ1n) is 6.78. The van der Waals surface area contributed by atoms with E-state index in [1.165, 1.54) is 0 Å². The SMILES string of the molecule is [CH2]c1nc2ccccc2nc1Nc1cc(OC)cc(OC)c1. The summed E-state index contributed by atoms with van der Waals surface area (Å²) in [6.45, 7) is 3.95. The van der Waals surface area contributed by atoms with E-state index in [1.54, 1.807) is 14.2 Å². The number of anilines is 2. The molecule has 0 aliphatic heterocycles. The maximum atomic E-state index is 5.26. The minimum absolute atomic E-state index is 0.584. The van der Waals surface area contributed by atoms with Crippen molar-refractivity contribution in [2.24, 2.45) is 0 Å². The van der Waals surface area contributed by atoms with Crippen LogP contribution < -0.4 is 14.8 Å². The van der Waals surface area contributed by atoms with Crippen molar-refractivity contribution in [1.29, 1.82) is 0 Å². The zero-order valence-corrected chi connectivity index (χ0v) is 12.5. The second kappa shape index (κ2) is 5.89. The lowest BCUT2D eigenvalue weighted by molar-refractivity contribution is 0.395. The van der Waals surface area contributed by atoms with E-state index in [0.717, 1.165) is 16.7 Å². The lowest BCUT2D eigenvalue weighted by atomic mass is 10.2. The van der Waals surface area contributed by atoms with Gasteiger partial charge in [0.05, 0.1) is 30.9 Å². The first kappa shape index (κ1) is 14.1. The summed E-state index contributed by atoms with van der Waals surface area (Å²) in [7, 11) is 3.22. The zero-order valence-electron chi connectivity index (χ0n) is 12.5. The van der Waals surface area contributed by atoms with Gasteiger partial charge in [0.25, 0.3) is 0 Å². The molecule has 1 N–H and O–H groups in total. The molecular weight excluding hydrogens is 278 g/mol. The van der Waals surface area contributed by atoms with Crippen LogP contribution in [0, 0.1) is 6.92 Å². The molecule has 22 heavy (non-hydrogen) atoms. The second-order valence-electron chi connectivity index (χ2n) is 4.73.